The van der Waals surface area contributed by atoms with Crippen LogP contribution in [0.2, 0.25) is 0 Å². The van der Waals surface area contributed by atoms with Crippen molar-refractivity contribution < 1.29 is 4.79 Å². The topological polar surface area (TPSA) is 69.1 Å². The third kappa shape index (κ3) is 0.718. The lowest BCUT2D eigenvalue weighted by molar-refractivity contribution is -0.119. The first-order valence-corrected chi connectivity index (χ1v) is 2.26. The Balaban J connectivity index is 2.33. The number of hydrogen-bond donors (Lipinski definition) is 2. The first-order chi connectivity index (χ1) is 3.22. The van der Waals surface area contributed by atoms with E-state index in [2.05, 4.69) is 0 Å². The molecule has 0 radical (unpaired) electrons. The molecule has 0 aromatic rings. The van der Waals surface area contributed by atoms with Crippen LogP contribution in [0.5, 0.6) is 0 Å². The maximum absolute atomic E-state index is 10.1. The van der Waals surface area contributed by atoms with Crippen molar-refractivity contribution in [1.29, 1.82) is 0 Å². The second kappa shape index (κ2) is 1.20. The summed E-state index contributed by atoms with van der Waals surface area (Å²) in [5.74, 6) is -0.271. The molecule has 1 aliphatic rings. The molecule has 7 heavy (non-hydrogen) atoms. The molecule has 0 unspecified atom stereocenters. The van der Waals surface area contributed by atoms with E-state index < -0.39 is 0 Å². The van der Waals surface area contributed by atoms with E-state index in [1.165, 1.54) is 0 Å². The minimum Gasteiger partial charge on any atom is -0.369 e. The Morgan fingerprint density at radius 1 is 1.71 bits per heavy atom. The van der Waals surface area contributed by atoms with Crippen LogP contribution in [0.15, 0.2) is 0 Å². The van der Waals surface area contributed by atoms with Crippen LogP contribution >= 0.6 is 0 Å². The van der Waals surface area contributed by atoms with Crippen LogP contribution < -0.4 is 11.5 Å². The predicted octanol–water partition coefficient (Wildman–Crippen LogP) is -1.18. The molecule has 40 valence electrons. The SMILES string of the molecule is NC(=O)[C@@H]1C[C@H]1N. The number of hydrogen-bond acceptors (Lipinski definition) is 2. The Morgan fingerprint density at radius 3 is 2.14 bits per heavy atom. The molecule has 1 amide bonds. The molecule has 3 nitrogen and oxygen atoms in total. The van der Waals surface area contributed by atoms with E-state index in [1.54, 1.807) is 0 Å². The summed E-state index contributed by atoms with van der Waals surface area (Å²) in [5, 5.41) is 0. The molecule has 4 N–H and O–H groups in total. The molecule has 1 aliphatic carbocycles. The van der Waals surface area contributed by atoms with Gasteiger partial charge in [-0.2, -0.15) is 0 Å². The smallest absolute Gasteiger partial charge is 0.222 e. The standard InChI is InChI=1S/C4H8N2O/c5-3-1-2(3)4(6)7/h2-3H,1,5H2,(H2,6,7)/t2-,3-/m1/s1. The largest absolute Gasteiger partial charge is 0.369 e. The van der Waals surface area contributed by atoms with Crippen molar-refractivity contribution in [2.75, 3.05) is 0 Å². The van der Waals surface area contributed by atoms with Gasteiger partial charge in [0.1, 0.15) is 0 Å². The minimum atomic E-state index is -0.257. The number of carbonyl (C=O) groups excluding carboxylic acids is 1. The summed E-state index contributed by atoms with van der Waals surface area (Å²) >= 11 is 0. The zero-order chi connectivity index (χ0) is 5.44. The maximum atomic E-state index is 10.1. The van der Waals surface area contributed by atoms with Gasteiger partial charge < -0.3 is 11.5 Å². The van der Waals surface area contributed by atoms with Crippen LogP contribution in [0, 0.1) is 5.92 Å². The molecule has 0 aliphatic heterocycles. The van der Waals surface area contributed by atoms with Gasteiger partial charge in [-0.25, -0.2) is 0 Å². The molecular weight excluding hydrogens is 92.1 g/mol. The highest BCUT2D eigenvalue weighted by molar-refractivity contribution is 5.80. The van der Waals surface area contributed by atoms with Gasteiger partial charge in [-0.15, -0.1) is 0 Å². The summed E-state index contributed by atoms with van der Waals surface area (Å²) in [4.78, 5) is 10.1. The summed E-state index contributed by atoms with van der Waals surface area (Å²) < 4.78 is 0. The zero-order valence-electron chi connectivity index (χ0n) is 3.92. The third-order valence-electron chi connectivity index (χ3n) is 1.21. The summed E-state index contributed by atoms with van der Waals surface area (Å²) in [6.07, 6.45) is 0.787. The average molecular weight is 100 g/mol. The van der Waals surface area contributed by atoms with Crippen molar-refractivity contribution in [3.05, 3.63) is 0 Å². The van der Waals surface area contributed by atoms with Gasteiger partial charge in [0.25, 0.3) is 0 Å². The fourth-order valence-corrected chi connectivity index (χ4v) is 0.542. The van der Waals surface area contributed by atoms with Crippen molar-refractivity contribution in [2.24, 2.45) is 17.4 Å². The minimum absolute atomic E-state index is 0.0139. The molecule has 1 fully saturated rings. The van der Waals surface area contributed by atoms with Gasteiger partial charge in [-0.3, -0.25) is 4.79 Å². The monoisotopic (exact) mass is 100 g/mol. The third-order valence-corrected chi connectivity index (χ3v) is 1.21. The van der Waals surface area contributed by atoms with Crippen LogP contribution in [0.3, 0.4) is 0 Å². The van der Waals surface area contributed by atoms with Crippen LogP contribution in [0.1, 0.15) is 6.42 Å². The van der Waals surface area contributed by atoms with Crippen LogP contribution in [0.25, 0.3) is 0 Å². The highest BCUT2D eigenvalue weighted by atomic mass is 16.1. The van der Waals surface area contributed by atoms with Crippen LogP contribution in [0.4, 0.5) is 0 Å². The lowest BCUT2D eigenvalue weighted by atomic mass is 10.4. The van der Waals surface area contributed by atoms with E-state index in [4.69, 9.17) is 11.5 Å². The average Bonchev–Trinajstić information content (AvgIpc) is 2.17. The Hall–Kier alpha value is -0.570. The van der Waals surface area contributed by atoms with Gasteiger partial charge in [0, 0.05) is 6.04 Å². The lowest BCUT2D eigenvalue weighted by Crippen LogP contribution is -2.18. The Labute approximate surface area is 41.7 Å². The molecule has 0 aromatic heterocycles. The van der Waals surface area contributed by atoms with E-state index in [0.29, 0.717) is 0 Å². The second-order valence-corrected chi connectivity index (χ2v) is 1.91. The van der Waals surface area contributed by atoms with Crippen molar-refractivity contribution in [1.82, 2.24) is 0 Å². The van der Waals surface area contributed by atoms with Crippen molar-refractivity contribution in [3.8, 4) is 0 Å². The van der Waals surface area contributed by atoms with Gasteiger partial charge in [-0.05, 0) is 6.42 Å². The highest BCUT2D eigenvalue weighted by Gasteiger charge is 2.38. The Bertz CT molecular complexity index is 102. The van der Waals surface area contributed by atoms with Crippen molar-refractivity contribution in [2.45, 2.75) is 12.5 Å². The van der Waals surface area contributed by atoms with Crippen LogP contribution in [-0.2, 0) is 4.79 Å². The molecule has 2 atom stereocenters. The van der Waals surface area contributed by atoms with E-state index in [1.807, 2.05) is 0 Å². The molecule has 0 saturated heterocycles. The molecule has 0 spiro atoms. The van der Waals surface area contributed by atoms with E-state index >= 15 is 0 Å². The van der Waals surface area contributed by atoms with E-state index in [-0.39, 0.29) is 17.9 Å². The second-order valence-electron chi connectivity index (χ2n) is 1.91. The Kier molecular flexibility index (Phi) is 0.785. The number of primary amides is 1. The number of rotatable bonds is 1. The van der Waals surface area contributed by atoms with E-state index in [0.717, 1.165) is 6.42 Å². The summed E-state index contributed by atoms with van der Waals surface area (Å²) in [7, 11) is 0. The predicted molar refractivity (Wildman–Crippen MR) is 25.3 cm³/mol. The Morgan fingerprint density at radius 2 is 2.14 bits per heavy atom. The van der Waals surface area contributed by atoms with Gasteiger partial charge in [0.05, 0.1) is 5.92 Å². The fraction of sp³-hybridized carbons (Fsp3) is 0.750. The molecular formula is C4H8N2O. The number of amides is 1. The summed E-state index contributed by atoms with van der Waals surface area (Å²) in [6.45, 7) is 0. The van der Waals surface area contributed by atoms with Gasteiger partial charge in [-0.1, -0.05) is 0 Å². The zero-order valence-corrected chi connectivity index (χ0v) is 3.92. The van der Waals surface area contributed by atoms with Crippen LogP contribution in [-0.4, -0.2) is 11.9 Å². The highest BCUT2D eigenvalue weighted by Crippen LogP contribution is 2.26. The fourth-order valence-electron chi connectivity index (χ4n) is 0.542. The van der Waals surface area contributed by atoms with Crippen molar-refractivity contribution in [3.63, 3.8) is 0 Å². The first-order valence-electron chi connectivity index (χ1n) is 2.26. The quantitative estimate of drug-likeness (QED) is 0.435. The van der Waals surface area contributed by atoms with Gasteiger partial charge in [0.15, 0.2) is 0 Å². The number of nitrogens with two attached hydrogens (primary N) is 2. The summed E-state index contributed by atoms with van der Waals surface area (Å²) in [6, 6.07) is 0.0671. The van der Waals surface area contributed by atoms with Gasteiger partial charge >= 0.3 is 0 Å². The maximum Gasteiger partial charge on any atom is 0.222 e. The van der Waals surface area contributed by atoms with Gasteiger partial charge in [0.2, 0.25) is 5.91 Å². The molecule has 0 aromatic carbocycles. The molecule has 1 rings (SSSR count). The summed E-state index contributed by atoms with van der Waals surface area (Å²) in [5.41, 5.74) is 10.1. The van der Waals surface area contributed by atoms with E-state index in [9.17, 15) is 4.79 Å². The van der Waals surface area contributed by atoms with Crippen molar-refractivity contribution >= 4 is 5.91 Å². The normalized spacial score (nSPS) is 37.9. The molecule has 1 saturated carbocycles. The molecule has 0 heterocycles. The molecule has 3 heteroatoms. The lowest BCUT2D eigenvalue weighted by Gasteiger charge is -1.81. The molecule has 0 bridgehead atoms. The number of carbonyl (C=O) groups is 1. The first kappa shape index (κ1) is 4.59.